The quantitative estimate of drug-likeness (QED) is 0.851. The minimum Gasteiger partial charge on any atom is -0.467 e. The summed E-state index contributed by atoms with van der Waals surface area (Å²) in [6.45, 7) is 0.465. The van der Waals surface area contributed by atoms with Crippen LogP contribution in [-0.2, 0) is 20.9 Å². The summed E-state index contributed by atoms with van der Waals surface area (Å²) < 4.78 is 9.89. The molecule has 6 nitrogen and oxygen atoms in total. The molecule has 1 amide bonds. The SMILES string of the molecule is COC(=O)C1CC(N)CN1C(=O)OCc1ccccc1.Cl. The predicted molar refractivity (Wildman–Crippen MR) is 79.0 cm³/mol. The van der Waals surface area contributed by atoms with Gasteiger partial charge >= 0.3 is 12.1 Å². The van der Waals surface area contributed by atoms with E-state index in [-0.39, 0.29) is 25.1 Å². The Morgan fingerprint density at radius 2 is 2.00 bits per heavy atom. The number of nitrogens with two attached hydrogens (primary N) is 1. The number of nitrogens with zero attached hydrogens (tertiary/aromatic N) is 1. The molecule has 7 heteroatoms. The number of rotatable bonds is 3. The molecule has 116 valence electrons. The molecule has 2 unspecified atom stereocenters. The van der Waals surface area contributed by atoms with Crippen molar-refractivity contribution in [3.05, 3.63) is 35.9 Å². The lowest BCUT2D eigenvalue weighted by Gasteiger charge is -2.21. The molecule has 0 aliphatic carbocycles. The highest BCUT2D eigenvalue weighted by molar-refractivity contribution is 5.85. The molecule has 1 aromatic rings. The van der Waals surface area contributed by atoms with Gasteiger partial charge in [0.1, 0.15) is 12.6 Å². The summed E-state index contributed by atoms with van der Waals surface area (Å²) in [6.07, 6.45) is -0.148. The van der Waals surface area contributed by atoms with Crippen LogP contribution in [0.4, 0.5) is 4.79 Å². The van der Waals surface area contributed by atoms with Gasteiger partial charge in [-0.2, -0.15) is 0 Å². The van der Waals surface area contributed by atoms with Gasteiger partial charge in [0, 0.05) is 12.6 Å². The summed E-state index contributed by atoms with van der Waals surface area (Å²) in [6, 6.07) is 8.46. The van der Waals surface area contributed by atoms with Gasteiger partial charge in [0.2, 0.25) is 0 Å². The molecular weight excluding hydrogens is 296 g/mol. The first-order valence-electron chi connectivity index (χ1n) is 6.42. The van der Waals surface area contributed by atoms with Gasteiger partial charge in [0.25, 0.3) is 0 Å². The zero-order valence-corrected chi connectivity index (χ0v) is 12.5. The second-order valence-corrected chi connectivity index (χ2v) is 4.73. The molecule has 0 saturated carbocycles. The van der Waals surface area contributed by atoms with Gasteiger partial charge in [0.05, 0.1) is 7.11 Å². The van der Waals surface area contributed by atoms with Crippen LogP contribution in [0.1, 0.15) is 12.0 Å². The molecular formula is C14H19ClN2O4. The van der Waals surface area contributed by atoms with Gasteiger partial charge in [-0.3, -0.25) is 4.90 Å². The van der Waals surface area contributed by atoms with Crippen molar-refractivity contribution < 1.29 is 19.1 Å². The van der Waals surface area contributed by atoms with Gasteiger partial charge in [-0.15, -0.1) is 12.4 Å². The summed E-state index contributed by atoms with van der Waals surface area (Å²) in [5, 5.41) is 0. The number of hydrogen-bond donors (Lipinski definition) is 1. The van der Waals surface area contributed by atoms with Gasteiger partial charge in [0.15, 0.2) is 0 Å². The van der Waals surface area contributed by atoms with E-state index in [0.29, 0.717) is 13.0 Å². The van der Waals surface area contributed by atoms with Gasteiger partial charge in [-0.05, 0) is 12.0 Å². The number of ether oxygens (including phenoxy) is 2. The summed E-state index contributed by atoms with van der Waals surface area (Å²) >= 11 is 0. The number of benzene rings is 1. The molecule has 1 aromatic carbocycles. The lowest BCUT2D eigenvalue weighted by Crippen LogP contribution is -2.41. The molecule has 21 heavy (non-hydrogen) atoms. The molecule has 2 rings (SSSR count). The van der Waals surface area contributed by atoms with E-state index in [1.165, 1.54) is 12.0 Å². The zero-order valence-electron chi connectivity index (χ0n) is 11.7. The Balaban J connectivity index is 0.00000220. The number of amides is 1. The Morgan fingerprint density at radius 1 is 1.33 bits per heavy atom. The van der Waals surface area contributed by atoms with E-state index in [9.17, 15) is 9.59 Å². The smallest absolute Gasteiger partial charge is 0.410 e. The topological polar surface area (TPSA) is 81.9 Å². The highest BCUT2D eigenvalue weighted by atomic mass is 35.5. The highest BCUT2D eigenvalue weighted by Crippen LogP contribution is 2.19. The first-order chi connectivity index (χ1) is 9.61. The van der Waals surface area contributed by atoms with Crippen LogP contribution in [0.15, 0.2) is 30.3 Å². The van der Waals surface area contributed by atoms with Crippen LogP contribution < -0.4 is 5.73 Å². The van der Waals surface area contributed by atoms with Crippen molar-refractivity contribution in [2.24, 2.45) is 5.73 Å². The van der Waals surface area contributed by atoms with E-state index in [4.69, 9.17) is 10.5 Å². The Hall–Kier alpha value is -1.79. The van der Waals surface area contributed by atoms with Crippen molar-refractivity contribution in [1.82, 2.24) is 4.90 Å². The predicted octanol–water partition coefficient (Wildman–Crippen LogP) is 1.32. The standard InChI is InChI=1S/C14H18N2O4.ClH/c1-19-13(17)12-7-11(15)8-16(12)14(18)20-9-10-5-3-2-4-6-10;/h2-6,11-12H,7-9,15H2,1H3;1H. The molecule has 1 aliphatic rings. The van der Waals surface area contributed by atoms with E-state index in [0.717, 1.165) is 5.56 Å². The summed E-state index contributed by atoms with van der Waals surface area (Å²) in [5.74, 6) is -0.463. The molecule has 1 saturated heterocycles. The summed E-state index contributed by atoms with van der Waals surface area (Å²) in [4.78, 5) is 25.0. The third-order valence-corrected chi connectivity index (χ3v) is 3.25. The molecule has 1 fully saturated rings. The van der Waals surface area contributed by atoms with E-state index < -0.39 is 18.1 Å². The summed E-state index contributed by atoms with van der Waals surface area (Å²) in [7, 11) is 1.29. The van der Waals surface area contributed by atoms with Crippen molar-refractivity contribution in [1.29, 1.82) is 0 Å². The van der Waals surface area contributed by atoms with Crippen molar-refractivity contribution in [3.8, 4) is 0 Å². The van der Waals surface area contributed by atoms with Crippen molar-refractivity contribution in [2.75, 3.05) is 13.7 Å². The Kier molecular flexibility index (Phi) is 6.45. The van der Waals surface area contributed by atoms with Gasteiger partial charge < -0.3 is 15.2 Å². The maximum absolute atomic E-state index is 12.0. The highest BCUT2D eigenvalue weighted by Gasteiger charge is 2.39. The maximum atomic E-state index is 12.0. The third-order valence-electron chi connectivity index (χ3n) is 3.25. The van der Waals surface area contributed by atoms with E-state index in [1.807, 2.05) is 30.3 Å². The van der Waals surface area contributed by atoms with Crippen molar-refractivity contribution >= 4 is 24.5 Å². The second-order valence-electron chi connectivity index (χ2n) is 4.73. The van der Waals surface area contributed by atoms with Crippen molar-refractivity contribution in [3.63, 3.8) is 0 Å². The van der Waals surface area contributed by atoms with Crippen LogP contribution in [0.25, 0.3) is 0 Å². The minimum atomic E-state index is -0.654. The zero-order chi connectivity index (χ0) is 14.5. The molecule has 0 aromatic heterocycles. The maximum Gasteiger partial charge on any atom is 0.410 e. The number of esters is 1. The first-order valence-corrected chi connectivity index (χ1v) is 6.42. The number of likely N-dealkylation sites (tertiary alicyclic amines) is 1. The van der Waals surface area contributed by atoms with E-state index >= 15 is 0 Å². The lowest BCUT2D eigenvalue weighted by molar-refractivity contribution is -0.145. The Bertz CT molecular complexity index is 483. The van der Waals surface area contributed by atoms with Crippen LogP contribution in [0.3, 0.4) is 0 Å². The molecule has 1 aliphatic heterocycles. The van der Waals surface area contributed by atoms with Crippen LogP contribution in [-0.4, -0.2) is 42.7 Å². The number of halogens is 1. The summed E-state index contributed by atoms with van der Waals surface area (Å²) in [5.41, 5.74) is 6.68. The Labute approximate surface area is 129 Å². The van der Waals surface area contributed by atoms with E-state index in [1.54, 1.807) is 0 Å². The molecule has 0 bridgehead atoms. The van der Waals surface area contributed by atoms with Crippen molar-refractivity contribution in [2.45, 2.75) is 25.1 Å². The largest absolute Gasteiger partial charge is 0.467 e. The van der Waals surface area contributed by atoms with Crippen LogP contribution in [0.2, 0.25) is 0 Å². The monoisotopic (exact) mass is 314 g/mol. The Morgan fingerprint density at radius 3 is 2.62 bits per heavy atom. The van der Waals surface area contributed by atoms with Crippen LogP contribution in [0.5, 0.6) is 0 Å². The number of methoxy groups -OCH3 is 1. The first kappa shape index (κ1) is 17.3. The fraction of sp³-hybridized carbons (Fsp3) is 0.429. The molecule has 1 heterocycles. The number of hydrogen-bond acceptors (Lipinski definition) is 5. The average Bonchev–Trinajstić information content (AvgIpc) is 2.87. The van der Waals surface area contributed by atoms with Gasteiger partial charge in [-0.25, -0.2) is 9.59 Å². The molecule has 2 atom stereocenters. The fourth-order valence-corrected chi connectivity index (χ4v) is 2.23. The second kappa shape index (κ2) is 7.85. The van der Waals surface area contributed by atoms with Crippen LogP contribution in [0, 0.1) is 0 Å². The van der Waals surface area contributed by atoms with Crippen LogP contribution >= 0.6 is 12.4 Å². The third kappa shape index (κ3) is 4.34. The molecule has 2 N–H and O–H groups in total. The average molecular weight is 315 g/mol. The van der Waals surface area contributed by atoms with E-state index in [2.05, 4.69) is 4.74 Å². The normalized spacial score (nSPS) is 20.6. The minimum absolute atomic E-state index is 0. The number of carbonyl (C=O) groups is 2. The molecule has 0 spiro atoms. The number of carbonyl (C=O) groups excluding carboxylic acids is 2. The van der Waals surface area contributed by atoms with Gasteiger partial charge in [-0.1, -0.05) is 30.3 Å². The lowest BCUT2D eigenvalue weighted by atomic mass is 10.2. The fourth-order valence-electron chi connectivity index (χ4n) is 2.23. The molecule has 0 radical (unpaired) electrons.